The maximum absolute atomic E-state index is 6.37. The highest BCUT2D eigenvalue weighted by molar-refractivity contribution is 7.99. The van der Waals surface area contributed by atoms with Crippen molar-refractivity contribution in [2.45, 2.75) is 22.1 Å². The number of anilines is 1. The summed E-state index contributed by atoms with van der Waals surface area (Å²) in [5.74, 6) is 2.14. The van der Waals surface area contributed by atoms with Crippen LogP contribution in [0.3, 0.4) is 0 Å². The third kappa shape index (κ3) is 4.34. The number of hydrogen-bond donors (Lipinski definition) is 1. The van der Waals surface area contributed by atoms with Crippen molar-refractivity contribution in [2.24, 2.45) is 0 Å². The molecular formula is C26H23N3O3S2. The van der Waals surface area contributed by atoms with Crippen molar-refractivity contribution in [3.05, 3.63) is 96.5 Å². The van der Waals surface area contributed by atoms with Crippen LogP contribution in [0.15, 0.2) is 99.5 Å². The molecule has 3 heterocycles. The predicted molar refractivity (Wildman–Crippen MR) is 137 cm³/mol. The van der Waals surface area contributed by atoms with Gasteiger partial charge in [0.05, 0.1) is 31.6 Å². The third-order valence-corrected chi connectivity index (χ3v) is 6.84. The van der Waals surface area contributed by atoms with E-state index in [0.29, 0.717) is 16.6 Å². The minimum atomic E-state index is -0.269. The maximum atomic E-state index is 6.37. The van der Waals surface area contributed by atoms with E-state index in [1.165, 1.54) is 0 Å². The molecule has 0 bridgehead atoms. The number of ether oxygens (including phenoxy) is 2. The minimum Gasteiger partial charge on any atom is -0.497 e. The van der Waals surface area contributed by atoms with Gasteiger partial charge in [-0.2, -0.15) is 0 Å². The summed E-state index contributed by atoms with van der Waals surface area (Å²) in [6.45, 7) is 0. The number of hydrogen-bond acceptors (Lipinski definition) is 6. The van der Waals surface area contributed by atoms with Crippen LogP contribution in [0, 0.1) is 0 Å². The zero-order valence-corrected chi connectivity index (χ0v) is 20.3. The minimum absolute atomic E-state index is 0.207. The van der Waals surface area contributed by atoms with Gasteiger partial charge in [-0.3, -0.25) is 4.98 Å². The van der Waals surface area contributed by atoms with Crippen LogP contribution in [0.4, 0.5) is 5.69 Å². The summed E-state index contributed by atoms with van der Waals surface area (Å²) in [5, 5.41) is 4.82. The van der Waals surface area contributed by atoms with Gasteiger partial charge in [0.1, 0.15) is 23.3 Å². The fourth-order valence-electron chi connectivity index (χ4n) is 4.04. The maximum Gasteiger partial charge on any atom is 0.174 e. The number of pyridine rings is 1. The van der Waals surface area contributed by atoms with Gasteiger partial charge in [-0.15, -0.1) is 0 Å². The molecule has 2 atom stereocenters. The Morgan fingerprint density at radius 2 is 1.79 bits per heavy atom. The van der Waals surface area contributed by atoms with Gasteiger partial charge in [-0.25, -0.2) is 0 Å². The van der Waals surface area contributed by atoms with Crippen LogP contribution in [-0.2, 0) is 0 Å². The highest BCUT2D eigenvalue weighted by atomic mass is 32.2. The number of thiocarbonyl (C=S) groups is 1. The van der Waals surface area contributed by atoms with Crippen molar-refractivity contribution in [1.82, 2.24) is 10.3 Å². The smallest absolute Gasteiger partial charge is 0.174 e. The van der Waals surface area contributed by atoms with E-state index < -0.39 is 0 Å². The lowest BCUT2D eigenvalue weighted by molar-refractivity contribution is 0.378. The van der Waals surface area contributed by atoms with E-state index in [1.54, 1.807) is 32.2 Å². The van der Waals surface area contributed by atoms with E-state index in [9.17, 15) is 0 Å². The van der Waals surface area contributed by atoms with E-state index in [4.69, 9.17) is 26.1 Å². The molecule has 5 rings (SSSR count). The van der Waals surface area contributed by atoms with Gasteiger partial charge in [0.25, 0.3) is 0 Å². The van der Waals surface area contributed by atoms with Gasteiger partial charge >= 0.3 is 0 Å². The lowest BCUT2D eigenvalue weighted by Crippen LogP contribution is -2.29. The van der Waals surface area contributed by atoms with Gasteiger partial charge in [0.2, 0.25) is 0 Å². The Morgan fingerprint density at radius 3 is 2.53 bits per heavy atom. The van der Waals surface area contributed by atoms with Crippen LogP contribution in [0.1, 0.15) is 23.5 Å². The van der Waals surface area contributed by atoms with Gasteiger partial charge in [0.15, 0.2) is 10.2 Å². The lowest BCUT2D eigenvalue weighted by atomic mass is 10.0. The highest BCUT2D eigenvalue weighted by Crippen LogP contribution is 2.46. The van der Waals surface area contributed by atoms with Gasteiger partial charge in [0, 0.05) is 17.2 Å². The van der Waals surface area contributed by atoms with E-state index in [0.717, 1.165) is 27.1 Å². The Kier molecular flexibility index (Phi) is 6.42. The number of benzene rings is 2. The number of aromatic nitrogens is 1. The monoisotopic (exact) mass is 489 g/mol. The highest BCUT2D eigenvalue weighted by Gasteiger charge is 2.43. The molecule has 0 aliphatic carbocycles. The van der Waals surface area contributed by atoms with E-state index in [1.807, 2.05) is 71.6 Å². The number of methoxy groups -OCH3 is 2. The molecule has 172 valence electrons. The molecule has 8 heteroatoms. The van der Waals surface area contributed by atoms with Crippen molar-refractivity contribution in [1.29, 1.82) is 0 Å². The fraction of sp³-hybridized carbons (Fsp3) is 0.154. The Labute approximate surface area is 207 Å². The van der Waals surface area contributed by atoms with Crippen molar-refractivity contribution >= 4 is 34.8 Å². The average molecular weight is 490 g/mol. The van der Waals surface area contributed by atoms with Crippen LogP contribution < -0.4 is 19.7 Å². The number of nitrogens with zero attached hydrogens (tertiary/aromatic N) is 2. The van der Waals surface area contributed by atoms with Gasteiger partial charge in [-0.05, 0) is 60.7 Å². The summed E-state index contributed by atoms with van der Waals surface area (Å²) in [7, 11) is 3.27. The van der Waals surface area contributed by atoms with E-state index in [2.05, 4.69) is 22.4 Å². The van der Waals surface area contributed by atoms with E-state index >= 15 is 0 Å². The number of furan rings is 1. The Morgan fingerprint density at radius 1 is 0.971 bits per heavy atom. The molecule has 0 unspecified atom stereocenters. The molecule has 2 aromatic carbocycles. The predicted octanol–water partition coefficient (Wildman–Crippen LogP) is 6.02. The normalized spacial score (nSPS) is 17.5. The summed E-state index contributed by atoms with van der Waals surface area (Å²) in [5.41, 5.74) is 1.69. The largest absolute Gasteiger partial charge is 0.497 e. The fourth-order valence-corrected chi connectivity index (χ4v) is 5.18. The molecule has 1 aliphatic heterocycles. The Balaban J connectivity index is 1.57. The molecule has 0 amide bonds. The van der Waals surface area contributed by atoms with Crippen LogP contribution in [0.25, 0.3) is 0 Å². The second kappa shape index (κ2) is 9.79. The molecule has 0 radical (unpaired) electrons. The van der Waals surface area contributed by atoms with Gasteiger partial charge in [-0.1, -0.05) is 36.0 Å². The van der Waals surface area contributed by atoms with Crippen molar-refractivity contribution in [3.63, 3.8) is 0 Å². The Hall–Kier alpha value is -3.49. The number of rotatable bonds is 7. The zero-order valence-electron chi connectivity index (χ0n) is 18.7. The topological polar surface area (TPSA) is 59.8 Å². The molecule has 1 aliphatic rings. The van der Waals surface area contributed by atoms with Crippen molar-refractivity contribution in [3.8, 4) is 11.5 Å². The standard InChI is InChI=1S/C26H23N3O3S2/c1-30-17-11-12-20(22(16-17)31-2)29-25(24(28-26(29)33)19-10-6-7-15-27-19)21-13-14-23(32-21)34-18-8-4-3-5-9-18/h3-16,24-25H,1-2H3,(H,28,33)/t24-,25+/m1/s1. The molecular weight excluding hydrogens is 466 g/mol. The quantitative estimate of drug-likeness (QED) is 0.316. The molecule has 1 N–H and O–H groups in total. The molecule has 1 saturated heterocycles. The van der Waals surface area contributed by atoms with E-state index in [-0.39, 0.29) is 12.1 Å². The summed E-state index contributed by atoms with van der Waals surface area (Å²) in [4.78, 5) is 7.74. The van der Waals surface area contributed by atoms with Crippen molar-refractivity contribution in [2.75, 3.05) is 19.1 Å². The SMILES string of the molecule is COc1ccc(N2C(=S)N[C@H](c3ccccn3)[C@@H]2c2ccc(Sc3ccccc3)o2)c(OC)c1. The molecule has 4 aromatic rings. The summed E-state index contributed by atoms with van der Waals surface area (Å²) < 4.78 is 17.5. The molecule has 0 spiro atoms. The molecule has 34 heavy (non-hydrogen) atoms. The first-order valence-electron chi connectivity index (χ1n) is 10.7. The van der Waals surface area contributed by atoms with Gasteiger partial charge < -0.3 is 24.1 Å². The van der Waals surface area contributed by atoms with Crippen molar-refractivity contribution < 1.29 is 13.9 Å². The first-order valence-corrected chi connectivity index (χ1v) is 12.0. The first kappa shape index (κ1) is 22.3. The molecule has 2 aromatic heterocycles. The van der Waals surface area contributed by atoms with Crippen LogP contribution in [0.2, 0.25) is 0 Å². The molecule has 1 fully saturated rings. The molecule has 6 nitrogen and oxygen atoms in total. The zero-order chi connectivity index (χ0) is 23.5. The third-order valence-electron chi connectivity index (χ3n) is 5.60. The second-order valence-corrected chi connectivity index (χ2v) is 9.07. The summed E-state index contributed by atoms with van der Waals surface area (Å²) >= 11 is 7.39. The Bertz CT molecular complexity index is 1280. The molecule has 0 saturated carbocycles. The summed E-state index contributed by atoms with van der Waals surface area (Å²) in [6, 6.07) is 25.2. The van der Waals surface area contributed by atoms with Crippen LogP contribution in [0.5, 0.6) is 11.5 Å². The average Bonchev–Trinajstić information content (AvgIpc) is 3.48. The second-order valence-electron chi connectivity index (χ2n) is 7.61. The lowest BCUT2D eigenvalue weighted by Gasteiger charge is -2.27. The van der Waals surface area contributed by atoms with Crippen LogP contribution >= 0.6 is 24.0 Å². The number of nitrogens with one attached hydrogen (secondary N) is 1. The first-order chi connectivity index (χ1) is 16.7. The van der Waals surface area contributed by atoms with Crippen LogP contribution in [-0.4, -0.2) is 24.3 Å². The summed E-state index contributed by atoms with van der Waals surface area (Å²) in [6.07, 6.45) is 1.78.